The lowest BCUT2D eigenvalue weighted by atomic mass is 9.86. The molecule has 3 aromatic heterocycles. The first-order valence-electron chi connectivity index (χ1n) is 10.9. The molecule has 2 fully saturated rings. The number of ether oxygens (including phenoxy) is 1. The SMILES string of the molecule is C[C@@H]1COCCN1c1cc2c3c(nn(-c4cc[nH]n4)c3n1)CCN(C1CC(F)(F)C1)C2. The summed E-state index contributed by atoms with van der Waals surface area (Å²) in [5.74, 6) is -0.956. The van der Waals surface area contributed by atoms with Gasteiger partial charge >= 0.3 is 0 Å². The van der Waals surface area contributed by atoms with Crippen LogP contribution in [0, 0.1) is 0 Å². The Morgan fingerprint density at radius 1 is 1.23 bits per heavy atom. The molecule has 1 aliphatic carbocycles. The first-order valence-corrected chi connectivity index (χ1v) is 10.9. The van der Waals surface area contributed by atoms with Crippen molar-refractivity contribution >= 4 is 16.9 Å². The molecule has 5 heterocycles. The largest absolute Gasteiger partial charge is 0.377 e. The maximum Gasteiger partial charge on any atom is 0.251 e. The average molecular weight is 429 g/mol. The lowest BCUT2D eigenvalue weighted by Gasteiger charge is -2.42. The Bertz CT molecular complexity index is 1100. The second kappa shape index (κ2) is 6.96. The summed E-state index contributed by atoms with van der Waals surface area (Å²) in [6.07, 6.45) is 2.36. The molecule has 3 aliphatic rings. The Morgan fingerprint density at radius 2 is 2.10 bits per heavy atom. The van der Waals surface area contributed by atoms with Crippen LogP contribution in [0.25, 0.3) is 16.9 Å². The van der Waals surface area contributed by atoms with Gasteiger partial charge in [0.15, 0.2) is 11.5 Å². The van der Waals surface area contributed by atoms with Crippen LogP contribution in [0.5, 0.6) is 0 Å². The van der Waals surface area contributed by atoms with Crippen LogP contribution in [-0.4, -0.2) is 74.2 Å². The molecule has 0 unspecified atom stereocenters. The lowest BCUT2D eigenvalue weighted by molar-refractivity contribution is -0.125. The molecule has 31 heavy (non-hydrogen) atoms. The highest BCUT2D eigenvalue weighted by molar-refractivity contribution is 5.86. The van der Waals surface area contributed by atoms with E-state index in [0.29, 0.717) is 38.5 Å². The van der Waals surface area contributed by atoms with Crippen molar-refractivity contribution in [1.82, 2.24) is 29.9 Å². The summed E-state index contributed by atoms with van der Waals surface area (Å²) >= 11 is 0. The van der Waals surface area contributed by atoms with Gasteiger partial charge in [-0.2, -0.15) is 14.9 Å². The second-order valence-corrected chi connectivity index (χ2v) is 8.88. The summed E-state index contributed by atoms with van der Waals surface area (Å²) in [5, 5.41) is 13.0. The normalized spacial score (nSPS) is 24.4. The quantitative estimate of drug-likeness (QED) is 0.690. The first kappa shape index (κ1) is 19.1. The van der Waals surface area contributed by atoms with E-state index in [0.717, 1.165) is 34.7 Å². The fourth-order valence-electron chi connectivity index (χ4n) is 5.05. The van der Waals surface area contributed by atoms with Gasteiger partial charge in [-0.25, -0.2) is 13.8 Å². The van der Waals surface area contributed by atoms with Gasteiger partial charge in [0.05, 0.1) is 24.9 Å². The van der Waals surface area contributed by atoms with E-state index in [4.69, 9.17) is 14.8 Å². The number of hydrogen-bond acceptors (Lipinski definition) is 6. The van der Waals surface area contributed by atoms with Gasteiger partial charge in [-0.3, -0.25) is 10.00 Å². The van der Waals surface area contributed by atoms with E-state index in [1.54, 1.807) is 10.9 Å². The van der Waals surface area contributed by atoms with E-state index in [1.165, 1.54) is 0 Å². The molecule has 3 aromatic rings. The van der Waals surface area contributed by atoms with Crippen molar-refractivity contribution in [2.75, 3.05) is 31.2 Å². The van der Waals surface area contributed by atoms with Gasteiger partial charge in [0.25, 0.3) is 5.92 Å². The van der Waals surface area contributed by atoms with Crippen LogP contribution in [-0.2, 0) is 17.7 Å². The van der Waals surface area contributed by atoms with E-state index in [1.807, 2.05) is 6.07 Å². The number of anilines is 1. The minimum absolute atomic E-state index is 0.0561. The number of alkyl halides is 2. The first-order chi connectivity index (χ1) is 15.0. The van der Waals surface area contributed by atoms with Gasteiger partial charge in [-0.05, 0) is 18.6 Å². The van der Waals surface area contributed by atoms with Crippen LogP contribution < -0.4 is 4.90 Å². The summed E-state index contributed by atoms with van der Waals surface area (Å²) in [6, 6.07) is 4.13. The van der Waals surface area contributed by atoms with Gasteiger partial charge in [-0.1, -0.05) is 0 Å². The highest BCUT2D eigenvalue weighted by Crippen LogP contribution is 2.42. The molecule has 1 saturated carbocycles. The number of nitrogens with zero attached hydrogens (tertiary/aromatic N) is 6. The summed E-state index contributed by atoms with van der Waals surface area (Å²) in [4.78, 5) is 9.47. The molecule has 0 bridgehead atoms. The summed E-state index contributed by atoms with van der Waals surface area (Å²) in [6.45, 7) is 5.55. The van der Waals surface area contributed by atoms with Gasteiger partial charge in [0.1, 0.15) is 5.82 Å². The molecule has 0 amide bonds. The van der Waals surface area contributed by atoms with Gasteiger partial charge in [0, 0.05) is 62.6 Å². The third-order valence-electron chi connectivity index (χ3n) is 6.74. The summed E-state index contributed by atoms with van der Waals surface area (Å²) in [7, 11) is 0. The number of morpholine rings is 1. The van der Waals surface area contributed by atoms with E-state index in [-0.39, 0.29) is 24.9 Å². The number of aromatic amines is 1. The zero-order valence-corrected chi connectivity index (χ0v) is 17.4. The van der Waals surface area contributed by atoms with Crippen LogP contribution in [0.15, 0.2) is 18.3 Å². The van der Waals surface area contributed by atoms with Crippen molar-refractivity contribution in [2.45, 2.75) is 50.7 Å². The molecule has 164 valence electrons. The van der Waals surface area contributed by atoms with Crippen molar-refractivity contribution in [2.24, 2.45) is 0 Å². The fourth-order valence-corrected chi connectivity index (χ4v) is 5.05. The molecule has 1 saturated heterocycles. The Hall–Kier alpha value is -2.59. The highest BCUT2D eigenvalue weighted by Gasteiger charge is 2.48. The number of halogens is 2. The lowest BCUT2D eigenvalue weighted by Crippen LogP contribution is -2.50. The van der Waals surface area contributed by atoms with Crippen molar-refractivity contribution in [1.29, 1.82) is 0 Å². The Morgan fingerprint density at radius 3 is 2.84 bits per heavy atom. The van der Waals surface area contributed by atoms with E-state index < -0.39 is 5.92 Å². The molecule has 8 nitrogen and oxygen atoms in total. The molecule has 1 atom stereocenters. The minimum atomic E-state index is -2.53. The predicted molar refractivity (Wildman–Crippen MR) is 111 cm³/mol. The zero-order valence-electron chi connectivity index (χ0n) is 17.4. The highest BCUT2D eigenvalue weighted by atomic mass is 19.3. The number of rotatable bonds is 3. The third-order valence-corrected chi connectivity index (χ3v) is 6.74. The van der Waals surface area contributed by atoms with E-state index >= 15 is 0 Å². The maximum absolute atomic E-state index is 13.6. The van der Waals surface area contributed by atoms with Crippen LogP contribution in [0.1, 0.15) is 31.0 Å². The van der Waals surface area contributed by atoms with Crippen LogP contribution in [0.4, 0.5) is 14.6 Å². The maximum atomic E-state index is 13.6. The van der Waals surface area contributed by atoms with Crippen LogP contribution in [0.3, 0.4) is 0 Å². The number of hydrogen-bond donors (Lipinski definition) is 1. The van der Waals surface area contributed by atoms with Gasteiger partial charge < -0.3 is 9.64 Å². The molecule has 0 aromatic carbocycles. The zero-order chi connectivity index (χ0) is 21.2. The van der Waals surface area contributed by atoms with Gasteiger partial charge in [0.2, 0.25) is 0 Å². The van der Waals surface area contributed by atoms with Gasteiger partial charge in [-0.15, -0.1) is 0 Å². The third kappa shape index (κ3) is 3.20. The van der Waals surface area contributed by atoms with Crippen molar-refractivity contribution in [3.05, 3.63) is 29.6 Å². The van der Waals surface area contributed by atoms with Crippen molar-refractivity contribution in [3.63, 3.8) is 0 Å². The molecule has 0 spiro atoms. The number of H-pyrrole nitrogens is 1. The molecule has 1 N–H and O–H groups in total. The van der Waals surface area contributed by atoms with E-state index in [2.05, 4.69) is 33.0 Å². The molecule has 0 radical (unpaired) electrons. The van der Waals surface area contributed by atoms with Crippen LogP contribution >= 0.6 is 0 Å². The standard InChI is InChI=1S/C21H25F2N7O/c1-13-12-31-7-6-29(13)18-8-14-11-28(15-9-21(22,23)10-15)5-3-16-19(14)20(25-18)30(27-16)17-2-4-24-26-17/h2,4,8,13,15H,3,5-7,9-12H2,1H3,(H,24,26)/t13-/m1/s1. The summed E-state index contributed by atoms with van der Waals surface area (Å²) < 4.78 is 34.5. The fraction of sp³-hybridized carbons (Fsp3) is 0.571. The Balaban J connectivity index is 1.46. The minimum Gasteiger partial charge on any atom is -0.377 e. The summed E-state index contributed by atoms with van der Waals surface area (Å²) in [5.41, 5.74) is 2.83. The smallest absolute Gasteiger partial charge is 0.251 e. The molecular formula is C21H25F2N7O. The monoisotopic (exact) mass is 429 g/mol. The predicted octanol–water partition coefficient (Wildman–Crippen LogP) is 2.52. The Labute approximate surface area is 178 Å². The number of pyridine rings is 1. The molecule has 6 rings (SSSR count). The molecule has 10 heteroatoms. The number of nitrogens with one attached hydrogen (secondary N) is 1. The van der Waals surface area contributed by atoms with Crippen molar-refractivity contribution < 1.29 is 13.5 Å². The topological polar surface area (TPSA) is 75.1 Å². The van der Waals surface area contributed by atoms with Crippen LogP contribution in [0.2, 0.25) is 0 Å². The number of aromatic nitrogens is 5. The Kier molecular flexibility index (Phi) is 4.29. The van der Waals surface area contributed by atoms with Crippen molar-refractivity contribution in [3.8, 4) is 5.82 Å². The second-order valence-electron chi connectivity index (χ2n) is 8.88. The average Bonchev–Trinajstić information content (AvgIpc) is 3.33. The molecule has 2 aliphatic heterocycles. The molecular weight excluding hydrogens is 404 g/mol. The van der Waals surface area contributed by atoms with E-state index in [9.17, 15) is 8.78 Å².